The van der Waals surface area contributed by atoms with Gasteiger partial charge >= 0.3 is 0 Å². The lowest BCUT2D eigenvalue weighted by molar-refractivity contribution is 0.737. The van der Waals surface area contributed by atoms with Gasteiger partial charge in [-0.15, -0.1) is 10.2 Å². The number of rotatable bonds is 3. The highest BCUT2D eigenvalue weighted by Gasteiger charge is 2.06. The largest absolute Gasteiger partial charge is 0.150 e. The second-order valence-corrected chi connectivity index (χ2v) is 5.99. The molecule has 0 aliphatic heterocycles. The molecule has 0 amide bonds. The van der Waals surface area contributed by atoms with Gasteiger partial charge in [0.25, 0.3) is 0 Å². The first-order valence-electron chi connectivity index (χ1n) is 6.32. The molecule has 0 radical (unpaired) electrons. The third-order valence-electron chi connectivity index (χ3n) is 2.77. The van der Waals surface area contributed by atoms with Crippen molar-refractivity contribution in [1.82, 2.24) is 10.2 Å². The van der Waals surface area contributed by atoms with E-state index < -0.39 is 0 Å². The average molecular weight is 382 g/mol. The molecule has 2 rings (SSSR count). The fourth-order valence-corrected chi connectivity index (χ4v) is 2.59. The zero-order valence-corrected chi connectivity index (χ0v) is 13.9. The summed E-state index contributed by atoms with van der Waals surface area (Å²) in [4.78, 5) is 0. The fourth-order valence-electron chi connectivity index (χ4n) is 1.74. The number of unbranched alkanes of at least 4 members (excludes halogenated alkanes) is 3. The van der Waals surface area contributed by atoms with Crippen LogP contribution >= 0.6 is 31.9 Å². The Kier molecular flexibility index (Phi) is 5.35. The Morgan fingerprint density at radius 3 is 2.79 bits per heavy atom. The Balaban J connectivity index is 2.27. The van der Waals surface area contributed by atoms with E-state index in [0.29, 0.717) is 5.69 Å². The molecule has 0 spiro atoms. The summed E-state index contributed by atoms with van der Waals surface area (Å²) >= 11 is 7.04. The smallest absolute Gasteiger partial charge is 0.149 e. The number of halogens is 2. The highest BCUT2D eigenvalue weighted by Crippen LogP contribution is 2.26. The monoisotopic (exact) mass is 380 g/mol. The summed E-state index contributed by atoms with van der Waals surface area (Å²) in [6, 6.07) is 5.92. The molecule has 0 aliphatic rings. The summed E-state index contributed by atoms with van der Waals surface area (Å²) in [5.74, 6) is 6.26. The first kappa shape index (κ1) is 14.5. The van der Waals surface area contributed by atoms with Gasteiger partial charge in [0.1, 0.15) is 0 Å². The second-order valence-electron chi connectivity index (χ2n) is 4.28. The molecule has 0 unspecified atom stereocenters. The molecule has 1 heterocycles. The van der Waals surface area contributed by atoms with Gasteiger partial charge < -0.3 is 0 Å². The van der Waals surface area contributed by atoms with Crippen molar-refractivity contribution in [2.24, 2.45) is 0 Å². The number of aromatic nitrogens is 2. The highest BCUT2D eigenvalue weighted by molar-refractivity contribution is 9.11. The zero-order valence-electron chi connectivity index (χ0n) is 10.7. The van der Waals surface area contributed by atoms with Gasteiger partial charge in [0.15, 0.2) is 5.69 Å². The lowest BCUT2D eigenvalue weighted by Crippen LogP contribution is -1.91. The molecule has 0 fully saturated rings. The van der Waals surface area contributed by atoms with E-state index >= 15 is 0 Å². The molecule has 0 aliphatic carbocycles. The molecule has 2 nitrogen and oxygen atoms in total. The van der Waals surface area contributed by atoms with Crippen LogP contribution in [0.25, 0.3) is 10.9 Å². The number of hydrogen-bond acceptors (Lipinski definition) is 2. The molecule has 4 heteroatoms. The van der Waals surface area contributed by atoms with Crippen LogP contribution in [0.3, 0.4) is 0 Å². The van der Waals surface area contributed by atoms with Crippen molar-refractivity contribution in [3.8, 4) is 11.8 Å². The van der Waals surface area contributed by atoms with Crippen LogP contribution in [0.5, 0.6) is 0 Å². The van der Waals surface area contributed by atoms with E-state index in [9.17, 15) is 0 Å². The van der Waals surface area contributed by atoms with Gasteiger partial charge in [0.05, 0.1) is 9.99 Å². The summed E-state index contributed by atoms with van der Waals surface area (Å²) < 4.78 is 1.94. The van der Waals surface area contributed by atoms with Crippen LogP contribution < -0.4 is 0 Å². The standard InChI is InChI=1S/C15H14Br2N2/c1-2-3-4-5-6-7-14-15(17)12-10-11(16)8-9-13(12)18-19-14/h8-10H,2-5H2,1H3. The van der Waals surface area contributed by atoms with Crippen molar-refractivity contribution in [1.29, 1.82) is 0 Å². The molecular formula is C15H14Br2N2. The Hall–Kier alpha value is -0.920. The quantitative estimate of drug-likeness (QED) is 0.546. The minimum atomic E-state index is 0.710. The van der Waals surface area contributed by atoms with Gasteiger partial charge in [-0.25, -0.2) is 0 Å². The maximum absolute atomic E-state index is 4.19. The first-order valence-corrected chi connectivity index (χ1v) is 7.91. The van der Waals surface area contributed by atoms with Gasteiger partial charge in [-0.3, -0.25) is 0 Å². The molecule has 1 aromatic carbocycles. The predicted molar refractivity (Wildman–Crippen MR) is 86.0 cm³/mol. The lowest BCUT2D eigenvalue weighted by atomic mass is 10.2. The van der Waals surface area contributed by atoms with Crippen LogP contribution in [0.1, 0.15) is 38.3 Å². The molecule has 1 aromatic heterocycles. The molecule has 98 valence electrons. The van der Waals surface area contributed by atoms with Crippen molar-refractivity contribution >= 4 is 42.8 Å². The summed E-state index contributed by atoms with van der Waals surface area (Å²) in [7, 11) is 0. The minimum absolute atomic E-state index is 0.710. The molecule has 0 atom stereocenters. The van der Waals surface area contributed by atoms with E-state index in [2.05, 4.69) is 60.8 Å². The molecule has 0 saturated carbocycles. The molecule has 0 saturated heterocycles. The van der Waals surface area contributed by atoms with Gasteiger partial charge in [-0.05, 0) is 46.5 Å². The predicted octanol–water partition coefficient (Wildman–Crippen LogP) is 5.09. The third-order valence-corrected chi connectivity index (χ3v) is 4.07. The Morgan fingerprint density at radius 2 is 2.00 bits per heavy atom. The van der Waals surface area contributed by atoms with Crippen LogP contribution in [-0.2, 0) is 0 Å². The van der Waals surface area contributed by atoms with E-state index in [4.69, 9.17) is 0 Å². The van der Waals surface area contributed by atoms with E-state index in [0.717, 1.165) is 32.7 Å². The molecule has 0 N–H and O–H groups in total. The summed E-state index contributed by atoms with van der Waals surface area (Å²) in [6.45, 7) is 2.19. The van der Waals surface area contributed by atoms with E-state index in [1.54, 1.807) is 0 Å². The van der Waals surface area contributed by atoms with Crippen LogP contribution in [0.2, 0.25) is 0 Å². The zero-order chi connectivity index (χ0) is 13.7. The molecule has 2 aromatic rings. The highest BCUT2D eigenvalue weighted by atomic mass is 79.9. The summed E-state index contributed by atoms with van der Waals surface area (Å²) in [6.07, 6.45) is 4.51. The van der Waals surface area contributed by atoms with Crippen LogP contribution in [-0.4, -0.2) is 10.2 Å². The SMILES string of the molecule is CCCCCC#Cc1nnc2ccc(Br)cc2c1Br. The number of fused-ring (bicyclic) bond motifs is 1. The van der Waals surface area contributed by atoms with Gasteiger partial charge in [-0.1, -0.05) is 41.6 Å². The lowest BCUT2D eigenvalue weighted by Gasteiger charge is -2.01. The van der Waals surface area contributed by atoms with Crippen molar-refractivity contribution < 1.29 is 0 Å². The van der Waals surface area contributed by atoms with Crippen LogP contribution in [0.4, 0.5) is 0 Å². The van der Waals surface area contributed by atoms with E-state index in [-0.39, 0.29) is 0 Å². The van der Waals surface area contributed by atoms with E-state index in [1.807, 2.05) is 18.2 Å². The van der Waals surface area contributed by atoms with E-state index in [1.165, 1.54) is 12.8 Å². The summed E-state index contributed by atoms with van der Waals surface area (Å²) in [5, 5.41) is 9.39. The molecule has 19 heavy (non-hydrogen) atoms. The van der Waals surface area contributed by atoms with Crippen molar-refractivity contribution in [2.45, 2.75) is 32.6 Å². The second kappa shape index (κ2) is 7.02. The molecule has 0 bridgehead atoms. The topological polar surface area (TPSA) is 25.8 Å². The number of nitrogens with zero attached hydrogens (tertiary/aromatic N) is 2. The number of benzene rings is 1. The Morgan fingerprint density at radius 1 is 1.16 bits per heavy atom. The average Bonchev–Trinajstić information content (AvgIpc) is 2.41. The Bertz CT molecular complexity index is 642. The maximum atomic E-state index is 4.19. The fraction of sp³-hybridized carbons (Fsp3) is 0.333. The maximum Gasteiger partial charge on any atom is 0.150 e. The third kappa shape index (κ3) is 3.77. The normalized spacial score (nSPS) is 10.3. The first-order chi connectivity index (χ1) is 9.22. The van der Waals surface area contributed by atoms with Crippen molar-refractivity contribution in [3.05, 3.63) is 32.8 Å². The molecular weight excluding hydrogens is 368 g/mol. The van der Waals surface area contributed by atoms with Crippen LogP contribution in [0, 0.1) is 11.8 Å². The van der Waals surface area contributed by atoms with Crippen molar-refractivity contribution in [2.75, 3.05) is 0 Å². The van der Waals surface area contributed by atoms with Gasteiger partial charge in [-0.2, -0.15) is 0 Å². The summed E-state index contributed by atoms with van der Waals surface area (Å²) in [5.41, 5.74) is 1.58. The number of hydrogen-bond donors (Lipinski definition) is 0. The van der Waals surface area contributed by atoms with Gasteiger partial charge in [0.2, 0.25) is 0 Å². The Labute approximate surface area is 130 Å². The minimum Gasteiger partial charge on any atom is -0.149 e. The van der Waals surface area contributed by atoms with Crippen molar-refractivity contribution in [3.63, 3.8) is 0 Å². The van der Waals surface area contributed by atoms with Crippen LogP contribution in [0.15, 0.2) is 27.1 Å². The van der Waals surface area contributed by atoms with Gasteiger partial charge in [0, 0.05) is 16.3 Å².